The minimum Gasteiger partial charge on any atom is -0.370 e. The van der Waals surface area contributed by atoms with E-state index in [4.69, 9.17) is 5.73 Å². The van der Waals surface area contributed by atoms with Crippen molar-refractivity contribution < 1.29 is 22.4 Å². The standard InChI is InChI=1S/C17H16F4N2O/c18-13-5-7-14(8-6-13)23(10-9-16(22)24)11-12-3-1-2-4-15(12)17(19,20)21/h1-8H,9-11H2,(H2,22,24). The van der Waals surface area contributed by atoms with Crippen molar-refractivity contribution >= 4 is 11.6 Å². The Morgan fingerprint density at radius 2 is 1.67 bits per heavy atom. The Labute approximate surface area is 136 Å². The molecule has 0 aliphatic heterocycles. The number of benzene rings is 2. The van der Waals surface area contributed by atoms with Crippen molar-refractivity contribution in [3.05, 3.63) is 65.5 Å². The summed E-state index contributed by atoms with van der Waals surface area (Å²) < 4.78 is 52.4. The zero-order valence-electron chi connectivity index (χ0n) is 12.7. The fourth-order valence-corrected chi connectivity index (χ4v) is 2.34. The molecule has 2 aromatic carbocycles. The second kappa shape index (κ2) is 7.33. The smallest absolute Gasteiger partial charge is 0.370 e. The molecule has 0 spiro atoms. The van der Waals surface area contributed by atoms with E-state index >= 15 is 0 Å². The zero-order valence-corrected chi connectivity index (χ0v) is 12.7. The maximum Gasteiger partial charge on any atom is 0.416 e. The molecule has 0 unspecified atom stereocenters. The van der Waals surface area contributed by atoms with Crippen molar-refractivity contribution in [2.75, 3.05) is 11.4 Å². The van der Waals surface area contributed by atoms with E-state index in [1.807, 2.05) is 0 Å². The van der Waals surface area contributed by atoms with Gasteiger partial charge in [0.05, 0.1) is 5.56 Å². The van der Waals surface area contributed by atoms with Gasteiger partial charge in [0.15, 0.2) is 0 Å². The number of alkyl halides is 3. The number of primary amides is 1. The second-order valence-corrected chi connectivity index (χ2v) is 5.27. The van der Waals surface area contributed by atoms with Crippen LogP contribution in [0, 0.1) is 5.82 Å². The minimum absolute atomic E-state index is 0.0223. The van der Waals surface area contributed by atoms with Crippen LogP contribution in [-0.4, -0.2) is 12.5 Å². The summed E-state index contributed by atoms with van der Waals surface area (Å²) in [4.78, 5) is 12.6. The molecule has 24 heavy (non-hydrogen) atoms. The minimum atomic E-state index is -4.48. The first kappa shape index (κ1) is 17.8. The van der Waals surface area contributed by atoms with Crippen LogP contribution in [0.5, 0.6) is 0 Å². The number of nitrogens with zero attached hydrogens (tertiary/aromatic N) is 1. The molecule has 2 N–H and O–H groups in total. The van der Waals surface area contributed by atoms with Gasteiger partial charge in [-0.05, 0) is 35.9 Å². The Morgan fingerprint density at radius 1 is 1.04 bits per heavy atom. The molecule has 0 bridgehead atoms. The quantitative estimate of drug-likeness (QED) is 0.815. The number of anilines is 1. The lowest BCUT2D eigenvalue weighted by molar-refractivity contribution is -0.138. The highest BCUT2D eigenvalue weighted by Gasteiger charge is 2.33. The molecule has 0 radical (unpaired) electrons. The van der Waals surface area contributed by atoms with Crippen LogP contribution >= 0.6 is 0 Å². The van der Waals surface area contributed by atoms with Crippen LogP contribution in [-0.2, 0) is 17.5 Å². The molecule has 3 nitrogen and oxygen atoms in total. The van der Waals surface area contributed by atoms with Crippen molar-refractivity contribution in [1.29, 1.82) is 0 Å². The van der Waals surface area contributed by atoms with Gasteiger partial charge in [-0.15, -0.1) is 0 Å². The molecule has 0 aromatic heterocycles. The maximum atomic E-state index is 13.1. The molecule has 0 heterocycles. The van der Waals surface area contributed by atoms with Crippen molar-refractivity contribution in [1.82, 2.24) is 0 Å². The largest absolute Gasteiger partial charge is 0.416 e. The number of carbonyl (C=O) groups excluding carboxylic acids is 1. The molecule has 0 atom stereocenters. The van der Waals surface area contributed by atoms with Gasteiger partial charge in [-0.1, -0.05) is 18.2 Å². The second-order valence-electron chi connectivity index (χ2n) is 5.27. The van der Waals surface area contributed by atoms with Crippen LogP contribution in [0.1, 0.15) is 17.5 Å². The monoisotopic (exact) mass is 340 g/mol. The first-order valence-corrected chi connectivity index (χ1v) is 7.21. The number of hydrogen-bond donors (Lipinski definition) is 1. The van der Waals surface area contributed by atoms with Crippen LogP contribution < -0.4 is 10.6 Å². The molecule has 128 valence electrons. The molecule has 0 fully saturated rings. The fourth-order valence-electron chi connectivity index (χ4n) is 2.34. The Bertz CT molecular complexity index is 698. The molecule has 2 rings (SSSR count). The van der Waals surface area contributed by atoms with Crippen LogP contribution in [0.4, 0.5) is 23.2 Å². The summed E-state index contributed by atoms with van der Waals surface area (Å²) >= 11 is 0. The van der Waals surface area contributed by atoms with Crippen LogP contribution in [0.3, 0.4) is 0 Å². The number of halogens is 4. The highest BCUT2D eigenvalue weighted by atomic mass is 19.4. The van der Waals surface area contributed by atoms with E-state index in [0.717, 1.165) is 6.07 Å². The summed E-state index contributed by atoms with van der Waals surface area (Å²) in [5, 5.41) is 0. The third kappa shape index (κ3) is 4.71. The SMILES string of the molecule is NC(=O)CCN(Cc1ccccc1C(F)(F)F)c1ccc(F)cc1. The van der Waals surface area contributed by atoms with Crippen molar-refractivity contribution in [3.8, 4) is 0 Å². The summed E-state index contributed by atoms with van der Waals surface area (Å²) in [5.74, 6) is -1.02. The van der Waals surface area contributed by atoms with Crippen LogP contribution in [0.25, 0.3) is 0 Å². The fraction of sp³-hybridized carbons (Fsp3) is 0.235. The number of amides is 1. The molecule has 2 aromatic rings. The molecule has 7 heteroatoms. The van der Waals surface area contributed by atoms with Crippen molar-refractivity contribution in [2.45, 2.75) is 19.1 Å². The highest BCUT2D eigenvalue weighted by molar-refractivity contribution is 5.74. The average molecular weight is 340 g/mol. The lowest BCUT2D eigenvalue weighted by atomic mass is 10.1. The molecule has 1 amide bonds. The Morgan fingerprint density at radius 3 is 2.25 bits per heavy atom. The third-order valence-electron chi connectivity index (χ3n) is 3.50. The lowest BCUT2D eigenvalue weighted by Gasteiger charge is -2.26. The van der Waals surface area contributed by atoms with E-state index in [9.17, 15) is 22.4 Å². The first-order chi connectivity index (χ1) is 11.3. The van der Waals surface area contributed by atoms with E-state index in [-0.39, 0.29) is 25.1 Å². The Balaban J connectivity index is 2.32. The Kier molecular flexibility index (Phi) is 5.43. The topological polar surface area (TPSA) is 46.3 Å². The molecule has 0 aliphatic carbocycles. The molecular formula is C17H16F4N2O. The van der Waals surface area contributed by atoms with Gasteiger partial charge in [-0.25, -0.2) is 4.39 Å². The maximum absolute atomic E-state index is 13.1. The molecular weight excluding hydrogens is 324 g/mol. The van der Waals surface area contributed by atoms with Gasteiger partial charge in [0.2, 0.25) is 5.91 Å². The predicted octanol–water partition coefficient (Wildman–Crippen LogP) is 3.73. The predicted molar refractivity (Wildman–Crippen MR) is 82.7 cm³/mol. The number of hydrogen-bond acceptors (Lipinski definition) is 2. The van der Waals surface area contributed by atoms with E-state index < -0.39 is 23.5 Å². The average Bonchev–Trinajstić information content (AvgIpc) is 2.51. The van der Waals surface area contributed by atoms with E-state index in [1.54, 1.807) is 4.90 Å². The summed E-state index contributed by atoms with van der Waals surface area (Å²) in [6.07, 6.45) is -4.50. The number of carbonyl (C=O) groups is 1. The van der Waals surface area contributed by atoms with Gasteiger partial charge in [0, 0.05) is 25.2 Å². The van der Waals surface area contributed by atoms with E-state index in [0.29, 0.717) is 5.69 Å². The van der Waals surface area contributed by atoms with Gasteiger partial charge in [0.25, 0.3) is 0 Å². The van der Waals surface area contributed by atoms with Crippen LogP contribution in [0.2, 0.25) is 0 Å². The number of nitrogens with two attached hydrogens (primary N) is 1. The molecule has 0 saturated heterocycles. The Hall–Kier alpha value is -2.57. The lowest BCUT2D eigenvalue weighted by Crippen LogP contribution is -2.28. The summed E-state index contributed by atoms with van der Waals surface area (Å²) in [5.41, 5.74) is 4.97. The van der Waals surface area contributed by atoms with E-state index in [1.165, 1.54) is 42.5 Å². The van der Waals surface area contributed by atoms with Gasteiger partial charge in [0.1, 0.15) is 5.82 Å². The van der Waals surface area contributed by atoms with E-state index in [2.05, 4.69) is 0 Å². The summed E-state index contributed by atoms with van der Waals surface area (Å²) in [6, 6.07) is 10.5. The zero-order chi connectivity index (χ0) is 17.7. The van der Waals surface area contributed by atoms with Crippen molar-refractivity contribution in [3.63, 3.8) is 0 Å². The molecule has 0 aliphatic rings. The summed E-state index contributed by atoms with van der Waals surface area (Å²) in [6.45, 7) is 0.0573. The first-order valence-electron chi connectivity index (χ1n) is 7.21. The van der Waals surface area contributed by atoms with Gasteiger partial charge < -0.3 is 10.6 Å². The third-order valence-corrected chi connectivity index (χ3v) is 3.50. The molecule has 0 saturated carbocycles. The van der Waals surface area contributed by atoms with Crippen LogP contribution in [0.15, 0.2) is 48.5 Å². The van der Waals surface area contributed by atoms with Gasteiger partial charge in [-0.3, -0.25) is 4.79 Å². The van der Waals surface area contributed by atoms with Crippen molar-refractivity contribution in [2.24, 2.45) is 5.73 Å². The number of rotatable bonds is 6. The highest BCUT2D eigenvalue weighted by Crippen LogP contribution is 2.33. The normalized spacial score (nSPS) is 11.3. The van der Waals surface area contributed by atoms with Gasteiger partial charge in [-0.2, -0.15) is 13.2 Å². The summed E-state index contributed by atoms with van der Waals surface area (Å²) in [7, 11) is 0. The van der Waals surface area contributed by atoms with Gasteiger partial charge >= 0.3 is 6.18 Å².